The first-order valence-electron chi connectivity index (χ1n) is 6.58. The molecule has 0 aliphatic heterocycles. The van der Waals surface area contributed by atoms with E-state index in [1.165, 1.54) is 6.20 Å². The van der Waals surface area contributed by atoms with Gasteiger partial charge in [-0.2, -0.15) is 10.1 Å². The maximum Gasteiger partial charge on any atom is 0.329 e. The van der Waals surface area contributed by atoms with Crippen LogP contribution in [-0.2, 0) is 13.5 Å². The predicted octanol–water partition coefficient (Wildman–Crippen LogP) is 1.20. The van der Waals surface area contributed by atoms with E-state index in [1.807, 2.05) is 20.0 Å². The van der Waals surface area contributed by atoms with Gasteiger partial charge in [0.05, 0.1) is 4.92 Å². The summed E-state index contributed by atoms with van der Waals surface area (Å²) in [6.07, 6.45) is 3.61. The first-order valence-corrected chi connectivity index (χ1v) is 6.58. The van der Waals surface area contributed by atoms with E-state index in [1.54, 1.807) is 10.9 Å². The summed E-state index contributed by atoms with van der Waals surface area (Å²) >= 11 is 0. The van der Waals surface area contributed by atoms with Gasteiger partial charge in [-0.3, -0.25) is 14.8 Å². The average Bonchev–Trinajstić information content (AvgIpc) is 2.85. The van der Waals surface area contributed by atoms with E-state index in [2.05, 4.69) is 25.7 Å². The molecule has 0 unspecified atom stereocenters. The standard InChI is InChI=1S/C12H17N7O2/c1-3-13-12-15-8-10(19(20)21)11(17-12)14-6-4-9-5-7-16-18(9)2/h5,7-8H,3-4,6H2,1-2H3,(H2,13,14,15,17). The van der Waals surface area contributed by atoms with E-state index in [9.17, 15) is 10.1 Å². The molecule has 0 spiro atoms. The third-order valence-electron chi connectivity index (χ3n) is 2.90. The molecule has 0 aliphatic carbocycles. The normalized spacial score (nSPS) is 10.4. The smallest absolute Gasteiger partial charge is 0.329 e. The van der Waals surface area contributed by atoms with Gasteiger partial charge in [0.1, 0.15) is 6.20 Å². The highest BCUT2D eigenvalue weighted by Gasteiger charge is 2.16. The molecule has 0 radical (unpaired) electrons. The van der Waals surface area contributed by atoms with Gasteiger partial charge in [-0.25, -0.2) is 4.98 Å². The van der Waals surface area contributed by atoms with E-state index < -0.39 is 4.92 Å². The Labute approximate surface area is 121 Å². The average molecular weight is 291 g/mol. The third kappa shape index (κ3) is 3.65. The molecule has 2 aromatic rings. The van der Waals surface area contributed by atoms with E-state index in [-0.39, 0.29) is 11.5 Å². The second-order valence-electron chi connectivity index (χ2n) is 4.34. The zero-order chi connectivity index (χ0) is 15.2. The monoisotopic (exact) mass is 291 g/mol. The lowest BCUT2D eigenvalue weighted by atomic mass is 10.3. The van der Waals surface area contributed by atoms with Crippen LogP contribution >= 0.6 is 0 Å². The quantitative estimate of drug-likeness (QED) is 0.582. The number of aromatic nitrogens is 4. The molecular formula is C12H17N7O2. The SMILES string of the molecule is CCNc1ncc([N+](=O)[O-])c(NCCc2ccnn2C)n1. The second-order valence-corrected chi connectivity index (χ2v) is 4.34. The number of hydrogen-bond acceptors (Lipinski definition) is 7. The lowest BCUT2D eigenvalue weighted by Crippen LogP contribution is -2.12. The molecule has 0 aromatic carbocycles. The van der Waals surface area contributed by atoms with Crippen LogP contribution in [0, 0.1) is 10.1 Å². The zero-order valence-electron chi connectivity index (χ0n) is 11.9. The Kier molecular flexibility index (Phi) is 4.64. The van der Waals surface area contributed by atoms with Crippen molar-refractivity contribution in [3.8, 4) is 0 Å². The maximum absolute atomic E-state index is 11.0. The van der Waals surface area contributed by atoms with Gasteiger partial charge in [0.2, 0.25) is 11.8 Å². The molecule has 2 N–H and O–H groups in total. The van der Waals surface area contributed by atoms with Crippen LogP contribution in [0.25, 0.3) is 0 Å². The molecule has 2 heterocycles. The lowest BCUT2D eigenvalue weighted by molar-refractivity contribution is -0.384. The van der Waals surface area contributed by atoms with Gasteiger partial charge < -0.3 is 10.6 Å². The number of nitro groups is 1. The van der Waals surface area contributed by atoms with E-state index in [4.69, 9.17) is 0 Å². The van der Waals surface area contributed by atoms with Gasteiger partial charge in [0.15, 0.2) is 0 Å². The number of nitrogens with zero attached hydrogens (tertiary/aromatic N) is 5. The minimum atomic E-state index is -0.498. The highest BCUT2D eigenvalue weighted by Crippen LogP contribution is 2.21. The summed E-state index contributed by atoms with van der Waals surface area (Å²) in [5, 5.41) is 21.0. The maximum atomic E-state index is 11.0. The van der Waals surface area contributed by atoms with Crippen molar-refractivity contribution in [2.75, 3.05) is 23.7 Å². The van der Waals surface area contributed by atoms with Crippen molar-refractivity contribution < 1.29 is 4.92 Å². The van der Waals surface area contributed by atoms with E-state index >= 15 is 0 Å². The van der Waals surface area contributed by atoms with Crippen molar-refractivity contribution in [1.29, 1.82) is 0 Å². The van der Waals surface area contributed by atoms with E-state index in [0.717, 1.165) is 5.69 Å². The van der Waals surface area contributed by atoms with Crippen LogP contribution in [0.2, 0.25) is 0 Å². The molecule has 0 saturated heterocycles. The fourth-order valence-electron chi connectivity index (χ4n) is 1.84. The lowest BCUT2D eigenvalue weighted by Gasteiger charge is -2.08. The first-order chi connectivity index (χ1) is 10.1. The molecule has 9 heteroatoms. The molecule has 0 fully saturated rings. The summed E-state index contributed by atoms with van der Waals surface area (Å²) in [5.41, 5.74) is 0.896. The van der Waals surface area contributed by atoms with Gasteiger partial charge in [0, 0.05) is 38.4 Å². The molecule has 0 bridgehead atoms. The molecule has 2 rings (SSSR count). The van der Waals surface area contributed by atoms with Crippen LogP contribution in [0.15, 0.2) is 18.5 Å². The Bertz CT molecular complexity index is 626. The van der Waals surface area contributed by atoms with Crippen molar-refractivity contribution in [2.24, 2.45) is 7.05 Å². The van der Waals surface area contributed by atoms with Gasteiger partial charge in [-0.1, -0.05) is 0 Å². The van der Waals surface area contributed by atoms with Gasteiger partial charge in [-0.15, -0.1) is 0 Å². The third-order valence-corrected chi connectivity index (χ3v) is 2.90. The van der Waals surface area contributed by atoms with Gasteiger partial charge in [-0.05, 0) is 13.0 Å². The van der Waals surface area contributed by atoms with Crippen LogP contribution < -0.4 is 10.6 Å². The van der Waals surface area contributed by atoms with Crippen LogP contribution in [-0.4, -0.2) is 37.8 Å². The fraction of sp³-hybridized carbons (Fsp3) is 0.417. The Balaban J connectivity index is 2.07. The summed E-state index contributed by atoms with van der Waals surface area (Å²) < 4.78 is 1.76. The van der Waals surface area contributed by atoms with Crippen LogP contribution in [0.5, 0.6) is 0 Å². The molecule has 0 amide bonds. The molecule has 0 aliphatic rings. The number of hydrogen-bond donors (Lipinski definition) is 2. The summed E-state index contributed by atoms with van der Waals surface area (Å²) in [5.74, 6) is 0.583. The fourth-order valence-corrected chi connectivity index (χ4v) is 1.84. The van der Waals surface area contributed by atoms with Crippen LogP contribution in [0.3, 0.4) is 0 Å². The zero-order valence-corrected chi connectivity index (χ0v) is 11.9. The minimum absolute atomic E-state index is 0.137. The molecule has 2 aromatic heterocycles. The molecule has 21 heavy (non-hydrogen) atoms. The van der Waals surface area contributed by atoms with E-state index in [0.29, 0.717) is 25.5 Å². The molecule has 9 nitrogen and oxygen atoms in total. The Hall–Kier alpha value is -2.71. The molecule has 0 atom stereocenters. The number of aryl methyl sites for hydroxylation is 1. The molecular weight excluding hydrogens is 274 g/mol. The Morgan fingerprint density at radius 1 is 1.43 bits per heavy atom. The van der Waals surface area contributed by atoms with Crippen molar-refractivity contribution in [3.63, 3.8) is 0 Å². The number of anilines is 2. The van der Waals surface area contributed by atoms with Crippen molar-refractivity contribution in [2.45, 2.75) is 13.3 Å². The summed E-state index contributed by atoms with van der Waals surface area (Å²) in [6.45, 7) is 3.06. The van der Waals surface area contributed by atoms with Crippen LogP contribution in [0.4, 0.5) is 17.5 Å². The predicted molar refractivity (Wildman–Crippen MR) is 78.3 cm³/mol. The number of nitrogens with one attached hydrogen (secondary N) is 2. The number of rotatable bonds is 7. The first kappa shape index (κ1) is 14.7. The van der Waals surface area contributed by atoms with Crippen LogP contribution in [0.1, 0.15) is 12.6 Å². The highest BCUT2D eigenvalue weighted by molar-refractivity contribution is 5.56. The van der Waals surface area contributed by atoms with Crippen molar-refractivity contribution >= 4 is 17.5 Å². The minimum Gasteiger partial charge on any atom is -0.364 e. The largest absolute Gasteiger partial charge is 0.364 e. The van der Waals surface area contributed by atoms with Crippen molar-refractivity contribution in [3.05, 3.63) is 34.3 Å². The summed E-state index contributed by atoms with van der Waals surface area (Å²) in [4.78, 5) is 18.5. The van der Waals surface area contributed by atoms with Gasteiger partial charge in [0.25, 0.3) is 0 Å². The second kappa shape index (κ2) is 6.64. The molecule has 112 valence electrons. The highest BCUT2D eigenvalue weighted by atomic mass is 16.6. The Morgan fingerprint density at radius 3 is 2.86 bits per heavy atom. The topological polar surface area (TPSA) is 111 Å². The van der Waals surface area contributed by atoms with Gasteiger partial charge >= 0.3 is 5.69 Å². The van der Waals surface area contributed by atoms with Crippen molar-refractivity contribution in [1.82, 2.24) is 19.7 Å². The Morgan fingerprint density at radius 2 is 2.24 bits per heavy atom. The summed E-state index contributed by atoms with van der Waals surface area (Å²) in [6, 6.07) is 1.90. The molecule has 0 saturated carbocycles. The summed E-state index contributed by atoms with van der Waals surface area (Å²) in [7, 11) is 1.85.